The standard InChI is InChI=1S/C11H10FNO4S/c1-2-4-10(11(14)15)13-18(16,17)9-6-3-5-8(12)7-9/h1,3,5-7,10,13H,4H2,(H,14,15). The Morgan fingerprint density at radius 3 is 2.72 bits per heavy atom. The summed E-state index contributed by atoms with van der Waals surface area (Å²) in [6, 6.07) is 2.79. The summed E-state index contributed by atoms with van der Waals surface area (Å²) in [5.74, 6) is -0.0773. The smallest absolute Gasteiger partial charge is 0.322 e. The first-order valence-corrected chi connectivity index (χ1v) is 6.29. The van der Waals surface area contributed by atoms with Crippen molar-refractivity contribution in [1.82, 2.24) is 4.72 Å². The molecule has 0 aliphatic heterocycles. The number of carboxylic acids is 1. The predicted octanol–water partition coefficient (Wildman–Crippen LogP) is 0.581. The van der Waals surface area contributed by atoms with Gasteiger partial charge in [-0.3, -0.25) is 4.79 Å². The maximum Gasteiger partial charge on any atom is 0.322 e. The molecule has 5 nitrogen and oxygen atoms in total. The average molecular weight is 271 g/mol. The molecular weight excluding hydrogens is 261 g/mol. The molecule has 0 aliphatic rings. The molecule has 0 saturated heterocycles. The monoisotopic (exact) mass is 271 g/mol. The Labute approximate surface area is 104 Å². The van der Waals surface area contributed by atoms with Gasteiger partial charge in [-0.25, -0.2) is 12.8 Å². The average Bonchev–Trinajstić information content (AvgIpc) is 2.28. The zero-order valence-corrected chi connectivity index (χ0v) is 9.95. The first kappa shape index (κ1) is 14.2. The van der Waals surface area contributed by atoms with Crippen molar-refractivity contribution in [2.75, 3.05) is 0 Å². The normalized spacial score (nSPS) is 12.7. The SMILES string of the molecule is C#CCC(NS(=O)(=O)c1cccc(F)c1)C(=O)O. The van der Waals surface area contributed by atoms with Crippen molar-refractivity contribution < 1.29 is 22.7 Å². The molecule has 1 unspecified atom stereocenters. The molecule has 0 aliphatic carbocycles. The van der Waals surface area contributed by atoms with Gasteiger partial charge in [-0.15, -0.1) is 12.3 Å². The lowest BCUT2D eigenvalue weighted by Gasteiger charge is -2.12. The van der Waals surface area contributed by atoms with E-state index in [1.807, 2.05) is 4.72 Å². The Bertz CT molecular complexity index is 591. The fraction of sp³-hybridized carbons (Fsp3) is 0.182. The molecule has 1 atom stereocenters. The molecule has 0 radical (unpaired) electrons. The zero-order chi connectivity index (χ0) is 13.8. The number of carboxylic acid groups (broad SMARTS) is 1. The Kier molecular flexibility index (Phi) is 4.42. The van der Waals surface area contributed by atoms with Gasteiger partial charge in [0, 0.05) is 6.42 Å². The Hall–Kier alpha value is -1.91. The minimum Gasteiger partial charge on any atom is -0.480 e. The van der Waals surface area contributed by atoms with Crippen LogP contribution in [0.3, 0.4) is 0 Å². The van der Waals surface area contributed by atoms with Crippen LogP contribution < -0.4 is 4.72 Å². The van der Waals surface area contributed by atoms with Gasteiger partial charge in [0.05, 0.1) is 4.90 Å². The number of aliphatic carboxylic acids is 1. The molecule has 7 heteroatoms. The Morgan fingerprint density at radius 2 is 2.22 bits per heavy atom. The second kappa shape index (κ2) is 5.62. The van der Waals surface area contributed by atoms with Crippen molar-refractivity contribution in [2.24, 2.45) is 0 Å². The van der Waals surface area contributed by atoms with Crippen LogP contribution >= 0.6 is 0 Å². The molecule has 1 rings (SSSR count). The lowest BCUT2D eigenvalue weighted by atomic mass is 10.2. The maximum atomic E-state index is 12.9. The number of rotatable bonds is 5. The fourth-order valence-electron chi connectivity index (χ4n) is 1.19. The van der Waals surface area contributed by atoms with Gasteiger partial charge in [0.25, 0.3) is 0 Å². The van der Waals surface area contributed by atoms with Crippen molar-refractivity contribution in [3.63, 3.8) is 0 Å². The summed E-state index contributed by atoms with van der Waals surface area (Å²) in [5.41, 5.74) is 0. The van der Waals surface area contributed by atoms with E-state index in [-0.39, 0.29) is 11.3 Å². The summed E-state index contributed by atoms with van der Waals surface area (Å²) in [5, 5.41) is 8.77. The van der Waals surface area contributed by atoms with Crippen LogP contribution in [0.5, 0.6) is 0 Å². The van der Waals surface area contributed by atoms with Crippen LogP contribution in [-0.2, 0) is 14.8 Å². The minimum absolute atomic E-state index is 0.302. The van der Waals surface area contributed by atoms with Gasteiger partial charge in [-0.1, -0.05) is 6.07 Å². The van der Waals surface area contributed by atoms with Gasteiger partial charge in [0.1, 0.15) is 11.9 Å². The molecule has 0 saturated carbocycles. The van der Waals surface area contributed by atoms with E-state index in [0.29, 0.717) is 0 Å². The predicted molar refractivity (Wildman–Crippen MR) is 61.6 cm³/mol. The third-order valence-corrected chi connectivity index (χ3v) is 3.49. The van der Waals surface area contributed by atoms with Gasteiger partial charge in [-0.05, 0) is 18.2 Å². The number of carbonyl (C=O) groups is 1. The lowest BCUT2D eigenvalue weighted by Crippen LogP contribution is -2.40. The molecule has 1 aromatic carbocycles. The highest BCUT2D eigenvalue weighted by Crippen LogP contribution is 2.11. The molecule has 0 amide bonds. The molecule has 0 aromatic heterocycles. The lowest BCUT2D eigenvalue weighted by molar-refractivity contribution is -0.138. The summed E-state index contributed by atoms with van der Waals surface area (Å²) >= 11 is 0. The van der Waals surface area contributed by atoms with Crippen LogP contribution in [0.15, 0.2) is 29.2 Å². The Balaban J connectivity index is 3.01. The maximum absolute atomic E-state index is 12.9. The molecule has 0 fully saturated rings. The summed E-state index contributed by atoms with van der Waals surface area (Å²) in [7, 11) is -4.12. The van der Waals surface area contributed by atoms with Gasteiger partial charge < -0.3 is 5.11 Å². The quantitative estimate of drug-likeness (QED) is 0.767. The molecule has 0 spiro atoms. The number of benzene rings is 1. The van der Waals surface area contributed by atoms with Gasteiger partial charge >= 0.3 is 5.97 Å². The second-order valence-electron chi connectivity index (χ2n) is 3.38. The summed E-state index contributed by atoms with van der Waals surface area (Å²) in [4.78, 5) is 10.4. The third-order valence-electron chi connectivity index (χ3n) is 2.02. The number of sulfonamides is 1. The molecular formula is C11H10FNO4S. The summed E-state index contributed by atoms with van der Waals surface area (Å²) in [6.45, 7) is 0. The minimum atomic E-state index is -4.12. The molecule has 0 bridgehead atoms. The number of nitrogens with one attached hydrogen (secondary N) is 1. The van der Waals surface area contributed by atoms with Gasteiger partial charge in [0.2, 0.25) is 10.0 Å². The Morgan fingerprint density at radius 1 is 1.56 bits per heavy atom. The van der Waals surface area contributed by atoms with E-state index >= 15 is 0 Å². The topological polar surface area (TPSA) is 83.5 Å². The van der Waals surface area contributed by atoms with Gasteiger partial charge in [-0.2, -0.15) is 4.72 Å². The number of terminal acetylenes is 1. The summed E-state index contributed by atoms with van der Waals surface area (Å²) in [6.07, 6.45) is 4.64. The van der Waals surface area contributed by atoms with Crippen LogP contribution in [0.2, 0.25) is 0 Å². The largest absolute Gasteiger partial charge is 0.480 e. The number of halogens is 1. The highest BCUT2D eigenvalue weighted by molar-refractivity contribution is 7.89. The van der Waals surface area contributed by atoms with Crippen LogP contribution in [0.4, 0.5) is 4.39 Å². The van der Waals surface area contributed by atoms with Crippen LogP contribution in [0.25, 0.3) is 0 Å². The van der Waals surface area contributed by atoms with Crippen molar-refractivity contribution in [1.29, 1.82) is 0 Å². The second-order valence-corrected chi connectivity index (χ2v) is 5.09. The van der Waals surface area contributed by atoms with E-state index in [1.54, 1.807) is 0 Å². The molecule has 96 valence electrons. The highest BCUT2D eigenvalue weighted by Gasteiger charge is 2.24. The molecule has 2 N–H and O–H groups in total. The first-order valence-electron chi connectivity index (χ1n) is 4.81. The van der Waals surface area contributed by atoms with Crippen molar-refractivity contribution in [3.05, 3.63) is 30.1 Å². The molecule has 1 aromatic rings. The highest BCUT2D eigenvalue weighted by atomic mass is 32.2. The van der Waals surface area contributed by atoms with Crippen molar-refractivity contribution in [2.45, 2.75) is 17.4 Å². The zero-order valence-electron chi connectivity index (χ0n) is 9.13. The van der Waals surface area contributed by atoms with E-state index in [4.69, 9.17) is 11.5 Å². The summed E-state index contributed by atoms with van der Waals surface area (Å²) < 4.78 is 38.3. The number of hydrogen-bond acceptors (Lipinski definition) is 3. The van der Waals surface area contributed by atoms with Crippen molar-refractivity contribution >= 4 is 16.0 Å². The third kappa shape index (κ3) is 3.55. The van der Waals surface area contributed by atoms with E-state index in [1.165, 1.54) is 6.07 Å². The van der Waals surface area contributed by atoms with E-state index in [9.17, 15) is 17.6 Å². The van der Waals surface area contributed by atoms with E-state index in [2.05, 4.69) is 5.92 Å². The van der Waals surface area contributed by atoms with Gasteiger partial charge in [0.15, 0.2) is 0 Å². The van der Waals surface area contributed by atoms with E-state index < -0.39 is 27.9 Å². The fourth-order valence-corrected chi connectivity index (χ4v) is 2.41. The number of hydrogen-bond donors (Lipinski definition) is 2. The van der Waals surface area contributed by atoms with Crippen LogP contribution in [0.1, 0.15) is 6.42 Å². The molecule has 18 heavy (non-hydrogen) atoms. The first-order chi connectivity index (χ1) is 8.36. The van der Waals surface area contributed by atoms with Crippen LogP contribution in [0, 0.1) is 18.2 Å². The molecule has 0 heterocycles. The van der Waals surface area contributed by atoms with E-state index in [0.717, 1.165) is 18.2 Å². The van der Waals surface area contributed by atoms with Crippen LogP contribution in [-0.4, -0.2) is 25.5 Å². The van der Waals surface area contributed by atoms with Crippen molar-refractivity contribution in [3.8, 4) is 12.3 Å².